The number of carbonyl (C=O) groups excluding carboxylic acids is 3. The van der Waals surface area contributed by atoms with E-state index in [9.17, 15) is 14.4 Å². The van der Waals surface area contributed by atoms with Gasteiger partial charge in [-0.15, -0.1) is 0 Å². The number of esters is 1. The molecule has 1 saturated heterocycles. The summed E-state index contributed by atoms with van der Waals surface area (Å²) in [7, 11) is 1.23. The van der Waals surface area contributed by atoms with E-state index in [1.807, 2.05) is 13.8 Å². The fourth-order valence-corrected chi connectivity index (χ4v) is 3.95. The Morgan fingerprint density at radius 2 is 1.94 bits per heavy atom. The number of hydrogen-bond acceptors (Lipinski definition) is 8. The summed E-state index contributed by atoms with van der Waals surface area (Å²) in [4.78, 5) is 37.9. The van der Waals surface area contributed by atoms with Crippen LogP contribution in [0.4, 0.5) is 4.79 Å². The topological polar surface area (TPSA) is 95.3 Å². The molecule has 2 heterocycles. The minimum atomic E-state index is -0.641. The zero-order chi connectivity index (χ0) is 22.5. The molecule has 164 valence electrons. The lowest BCUT2D eigenvalue weighted by Gasteiger charge is -2.13. The monoisotopic (exact) mass is 465 g/mol. The van der Waals surface area contributed by atoms with Crippen LogP contribution in [0.15, 0.2) is 33.6 Å². The van der Waals surface area contributed by atoms with Gasteiger partial charge in [0.05, 0.1) is 36.8 Å². The molecule has 3 rings (SSSR count). The number of carbonyl (C=O) groups is 3. The summed E-state index contributed by atoms with van der Waals surface area (Å²) in [6.45, 7) is 4.40. The maximum Gasteiger partial charge on any atom is 0.373 e. The van der Waals surface area contributed by atoms with Crippen molar-refractivity contribution in [2.45, 2.75) is 20.4 Å². The highest BCUT2D eigenvalue weighted by Gasteiger charge is 2.36. The predicted octanol–water partition coefficient (Wildman–Crippen LogP) is 4.75. The molecule has 1 aromatic heterocycles. The van der Waals surface area contributed by atoms with E-state index in [2.05, 4.69) is 4.74 Å². The number of halogens is 1. The van der Waals surface area contributed by atoms with Crippen LogP contribution in [0.25, 0.3) is 6.08 Å². The lowest BCUT2D eigenvalue weighted by atomic mass is 10.1. The summed E-state index contributed by atoms with van der Waals surface area (Å²) >= 11 is 7.12. The average Bonchev–Trinajstić information content (AvgIpc) is 3.31. The molecule has 0 N–H and O–H groups in total. The molecule has 0 aliphatic carbocycles. The molecule has 0 saturated carbocycles. The molecule has 0 atom stereocenters. The van der Waals surface area contributed by atoms with Crippen molar-refractivity contribution < 1.29 is 33.0 Å². The summed E-state index contributed by atoms with van der Waals surface area (Å²) in [6, 6.07) is 6.27. The number of hydrogen-bond donors (Lipinski definition) is 0. The maximum atomic E-state index is 12.8. The van der Waals surface area contributed by atoms with Gasteiger partial charge in [-0.05, 0) is 61.5 Å². The molecule has 1 aromatic carbocycles. The van der Waals surface area contributed by atoms with Crippen molar-refractivity contribution in [3.8, 4) is 11.5 Å². The van der Waals surface area contributed by atoms with Gasteiger partial charge in [-0.25, -0.2) is 4.79 Å². The van der Waals surface area contributed by atoms with Gasteiger partial charge in [-0.2, -0.15) is 0 Å². The van der Waals surface area contributed by atoms with Gasteiger partial charge >= 0.3 is 5.97 Å². The lowest BCUT2D eigenvalue weighted by Crippen LogP contribution is -2.27. The van der Waals surface area contributed by atoms with Crippen LogP contribution in [0.5, 0.6) is 11.5 Å². The first kappa shape index (κ1) is 22.8. The van der Waals surface area contributed by atoms with Crippen molar-refractivity contribution >= 4 is 46.6 Å². The quantitative estimate of drug-likeness (QED) is 0.407. The zero-order valence-corrected chi connectivity index (χ0v) is 18.7. The van der Waals surface area contributed by atoms with Gasteiger partial charge < -0.3 is 18.6 Å². The van der Waals surface area contributed by atoms with Gasteiger partial charge in [0.1, 0.15) is 5.76 Å². The van der Waals surface area contributed by atoms with E-state index >= 15 is 0 Å². The largest absolute Gasteiger partial charge is 0.490 e. The Kier molecular flexibility index (Phi) is 7.29. The summed E-state index contributed by atoms with van der Waals surface area (Å²) in [6.07, 6.45) is 1.57. The molecule has 31 heavy (non-hydrogen) atoms. The van der Waals surface area contributed by atoms with E-state index in [-0.39, 0.29) is 23.0 Å². The van der Waals surface area contributed by atoms with Crippen LogP contribution < -0.4 is 9.47 Å². The van der Waals surface area contributed by atoms with Gasteiger partial charge in [0.15, 0.2) is 11.5 Å². The van der Waals surface area contributed by atoms with E-state index < -0.39 is 17.1 Å². The van der Waals surface area contributed by atoms with Crippen molar-refractivity contribution in [2.24, 2.45) is 0 Å². The number of rotatable bonds is 8. The second-order valence-electron chi connectivity index (χ2n) is 6.22. The van der Waals surface area contributed by atoms with E-state index in [1.54, 1.807) is 18.2 Å². The normalized spacial score (nSPS) is 15.0. The summed E-state index contributed by atoms with van der Waals surface area (Å²) in [5.41, 5.74) is 0.591. The fraction of sp³-hybridized carbons (Fsp3) is 0.286. The summed E-state index contributed by atoms with van der Waals surface area (Å²) in [5.74, 6) is 0.0368. The molecule has 10 heteroatoms. The van der Waals surface area contributed by atoms with Crippen LogP contribution in [0.2, 0.25) is 5.02 Å². The van der Waals surface area contributed by atoms with Crippen LogP contribution in [-0.2, 0) is 16.1 Å². The first-order valence-electron chi connectivity index (χ1n) is 9.39. The molecule has 1 aliphatic rings. The standard InChI is InChI=1S/C21H20ClNO7S/c1-4-28-16-9-12(8-14(22)18(16)29-5-2)10-17-19(24)23(21(26)31-17)11-13-6-7-15(30-13)20(25)27-3/h6-10H,4-5,11H2,1-3H3/b17-10+. The minimum absolute atomic E-state index is 0.00695. The number of ether oxygens (including phenoxy) is 3. The molecule has 2 amide bonds. The highest BCUT2D eigenvalue weighted by Crippen LogP contribution is 2.39. The average molecular weight is 466 g/mol. The maximum absolute atomic E-state index is 12.8. The highest BCUT2D eigenvalue weighted by atomic mass is 35.5. The number of furan rings is 1. The third-order valence-corrected chi connectivity index (χ3v) is 5.34. The van der Waals surface area contributed by atoms with Crippen LogP contribution in [0.1, 0.15) is 35.7 Å². The Labute approximate surface area is 188 Å². The van der Waals surface area contributed by atoms with Crippen molar-refractivity contribution in [3.63, 3.8) is 0 Å². The Hall–Kier alpha value is -2.91. The molecular weight excluding hydrogens is 446 g/mol. The molecular formula is C21H20ClNO7S. The molecule has 8 nitrogen and oxygen atoms in total. The van der Waals surface area contributed by atoms with Crippen molar-refractivity contribution in [1.29, 1.82) is 0 Å². The number of nitrogens with zero attached hydrogens (tertiary/aromatic N) is 1. The van der Waals surface area contributed by atoms with Crippen LogP contribution in [0, 0.1) is 0 Å². The van der Waals surface area contributed by atoms with Crippen LogP contribution in [-0.4, -0.2) is 42.3 Å². The first-order valence-corrected chi connectivity index (χ1v) is 10.6. The summed E-state index contributed by atoms with van der Waals surface area (Å²) < 4.78 is 21.1. The number of thioether (sulfide) groups is 1. The molecule has 2 aromatic rings. The lowest BCUT2D eigenvalue weighted by molar-refractivity contribution is -0.123. The second-order valence-corrected chi connectivity index (χ2v) is 7.62. The predicted molar refractivity (Wildman–Crippen MR) is 115 cm³/mol. The van der Waals surface area contributed by atoms with Crippen molar-refractivity contribution in [2.75, 3.05) is 20.3 Å². The van der Waals surface area contributed by atoms with Crippen LogP contribution in [0.3, 0.4) is 0 Å². The molecule has 1 aliphatic heterocycles. The van der Waals surface area contributed by atoms with E-state index in [0.717, 1.165) is 16.7 Å². The Morgan fingerprint density at radius 3 is 2.61 bits per heavy atom. The molecule has 0 radical (unpaired) electrons. The number of imide groups is 1. The molecule has 0 bridgehead atoms. The summed E-state index contributed by atoms with van der Waals surface area (Å²) in [5, 5.41) is -0.112. The van der Waals surface area contributed by atoms with Crippen molar-refractivity contribution in [3.05, 3.63) is 51.3 Å². The fourth-order valence-electron chi connectivity index (χ4n) is 2.84. The van der Waals surface area contributed by atoms with E-state index in [0.29, 0.717) is 35.3 Å². The van der Waals surface area contributed by atoms with Gasteiger partial charge in [0.2, 0.25) is 5.76 Å². The Balaban J connectivity index is 1.83. The van der Waals surface area contributed by atoms with Gasteiger partial charge in [-0.3, -0.25) is 14.5 Å². The number of methoxy groups -OCH3 is 1. The van der Waals surface area contributed by atoms with Crippen molar-refractivity contribution in [1.82, 2.24) is 4.90 Å². The van der Waals surface area contributed by atoms with Gasteiger partial charge in [-0.1, -0.05) is 11.6 Å². The first-order chi connectivity index (χ1) is 14.9. The van der Waals surface area contributed by atoms with E-state index in [4.69, 9.17) is 25.5 Å². The minimum Gasteiger partial charge on any atom is -0.490 e. The SMILES string of the molecule is CCOc1cc(/C=C2/SC(=O)N(Cc3ccc(C(=O)OC)o3)C2=O)cc(Cl)c1OCC. The third-order valence-electron chi connectivity index (χ3n) is 4.15. The molecule has 0 spiro atoms. The Bertz CT molecular complexity index is 1050. The Morgan fingerprint density at radius 1 is 1.19 bits per heavy atom. The zero-order valence-electron chi connectivity index (χ0n) is 17.1. The second kappa shape index (κ2) is 9.93. The molecule has 1 fully saturated rings. The third kappa shape index (κ3) is 5.05. The number of benzene rings is 1. The number of amides is 2. The molecule has 0 unspecified atom stereocenters. The van der Waals surface area contributed by atoms with Gasteiger partial charge in [0, 0.05) is 0 Å². The highest BCUT2D eigenvalue weighted by molar-refractivity contribution is 8.18. The smallest absolute Gasteiger partial charge is 0.373 e. The van der Waals surface area contributed by atoms with E-state index in [1.165, 1.54) is 19.2 Å². The van der Waals surface area contributed by atoms with Crippen LogP contribution >= 0.6 is 23.4 Å². The van der Waals surface area contributed by atoms with Gasteiger partial charge in [0.25, 0.3) is 11.1 Å².